The number of anilines is 1. The van der Waals surface area contributed by atoms with Crippen LogP contribution < -0.4 is 15.4 Å². The third-order valence-corrected chi connectivity index (χ3v) is 6.10. The number of likely N-dealkylation sites (tertiary alicyclic amines) is 1. The predicted octanol–water partition coefficient (Wildman–Crippen LogP) is 3.86. The number of carbonyl (C=O) groups is 2. The van der Waals surface area contributed by atoms with E-state index in [0.29, 0.717) is 42.9 Å². The number of hydrogen-bond donors (Lipinski definition) is 3. The van der Waals surface area contributed by atoms with Crippen LogP contribution in [0.25, 0.3) is 0 Å². The Bertz CT molecular complexity index is 1140. The SMILES string of the molecule is COc1ccc(CNC(=O)N2CCC(C(=O)/C(=N/O)Nc3ccc(F)c(Br)c3)CC2)cc1C#N. The summed E-state index contributed by atoms with van der Waals surface area (Å²) in [7, 11) is 1.49. The number of urea groups is 1. The van der Waals surface area contributed by atoms with E-state index in [0.717, 1.165) is 5.56 Å². The van der Waals surface area contributed by atoms with Gasteiger partial charge in [-0.15, -0.1) is 0 Å². The maximum Gasteiger partial charge on any atom is 0.317 e. The maximum atomic E-state index is 13.4. The molecule has 0 saturated carbocycles. The summed E-state index contributed by atoms with van der Waals surface area (Å²) in [4.78, 5) is 26.9. The molecule has 1 saturated heterocycles. The molecule has 1 heterocycles. The normalized spacial score (nSPS) is 14.3. The molecule has 1 fully saturated rings. The van der Waals surface area contributed by atoms with Gasteiger partial charge in [-0.3, -0.25) is 4.79 Å². The van der Waals surface area contributed by atoms with E-state index in [1.807, 2.05) is 0 Å². The second kappa shape index (κ2) is 11.5. The molecule has 0 atom stereocenters. The van der Waals surface area contributed by atoms with Gasteiger partial charge in [0.25, 0.3) is 0 Å². The highest BCUT2D eigenvalue weighted by molar-refractivity contribution is 9.10. The minimum atomic E-state index is -0.456. The standard InChI is InChI=1S/C23H23BrFN5O4/c1-34-20-5-2-14(10-16(20)12-26)13-27-23(32)30-8-6-15(7-9-30)21(31)22(29-33)28-17-3-4-19(25)18(24)11-17/h2-5,10-11,15,33H,6-9,13H2,1H3,(H,27,32)(H,28,29). The predicted molar refractivity (Wildman–Crippen MR) is 126 cm³/mol. The van der Waals surface area contributed by atoms with Crippen LogP contribution in [-0.2, 0) is 11.3 Å². The number of amidine groups is 1. The van der Waals surface area contributed by atoms with Gasteiger partial charge < -0.3 is 25.5 Å². The van der Waals surface area contributed by atoms with Crippen molar-refractivity contribution < 1.29 is 23.9 Å². The third-order valence-electron chi connectivity index (χ3n) is 5.50. The molecule has 34 heavy (non-hydrogen) atoms. The van der Waals surface area contributed by atoms with Gasteiger partial charge in [-0.2, -0.15) is 5.26 Å². The average Bonchev–Trinajstić information content (AvgIpc) is 2.87. The first-order valence-electron chi connectivity index (χ1n) is 10.4. The Labute approximate surface area is 204 Å². The van der Waals surface area contributed by atoms with Crippen LogP contribution in [0.2, 0.25) is 0 Å². The number of piperidine rings is 1. The van der Waals surface area contributed by atoms with Crippen molar-refractivity contribution in [2.24, 2.45) is 11.1 Å². The summed E-state index contributed by atoms with van der Waals surface area (Å²) in [5.41, 5.74) is 1.54. The molecule has 178 valence electrons. The van der Waals surface area contributed by atoms with E-state index in [9.17, 15) is 24.4 Å². The number of ketones is 1. The van der Waals surface area contributed by atoms with E-state index < -0.39 is 11.7 Å². The second-order valence-corrected chi connectivity index (χ2v) is 8.49. The number of nitrogens with one attached hydrogen (secondary N) is 2. The van der Waals surface area contributed by atoms with Gasteiger partial charge in [0.1, 0.15) is 17.6 Å². The van der Waals surface area contributed by atoms with Crippen LogP contribution in [-0.4, -0.2) is 48.0 Å². The summed E-state index contributed by atoms with van der Waals surface area (Å²) in [6.07, 6.45) is 0.808. The van der Waals surface area contributed by atoms with Crippen molar-refractivity contribution in [2.45, 2.75) is 19.4 Å². The van der Waals surface area contributed by atoms with Gasteiger partial charge >= 0.3 is 6.03 Å². The summed E-state index contributed by atoms with van der Waals surface area (Å²) in [6, 6.07) is 11.0. The number of benzene rings is 2. The molecular weight excluding hydrogens is 509 g/mol. The van der Waals surface area contributed by atoms with Gasteiger partial charge in [-0.1, -0.05) is 11.2 Å². The highest BCUT2D eigenvalue weighted by Crippen LogP contribution is 2.23. The van der Waals surface area contributed by atoms with E-state index in [-0.39, 0.29) is 28.7 Å². The number of carbonyl (C=O) groups excluding carboxylic acids is 2. The Hall–Kier alpha value is -3.65. The summed E-state index contributed by atoms with van der Waals surface area (Å²) >= 11 is 3.07. The quantitative estimate of drug-likeness (QED) is 0.225. The molecule has 1 aliphatic heterocycles. The fraction of sp³-hybridized carbons (Fsp3) is 0.304. The average molecular weight is 532 g/mol. The Morgan fingerprint density at radius 3 is 2.65 bits per heavy atom. The molecule has 0 radical (unpaired) electrons. The smallest absolute Gasteiger partial charge is 0.317 e. The van der Waals surface area contributed by atoms with Gasteiger partial charge in [0.15, 0.2) is 0 Å². The molecule has 0 bridgehead atoms. The molecular formula is C23H23BrFN5O4. The Morgan fingerprint density at radius 2 is 2.03 bits per heavy atom. The van der Waals surface area contributed by atoms with Crippen LogP contribution in [0.3, 0.4) is 0 Å². The van der Waals surface area contributed by atoms with Crippen LogP contribution >= 0.6 is 15.9 Å². The Kier molecular flexibility index (Phi) is 8.43. The zero-order chi connectivity index (χ0) is 24.7. The Morgan fingerprint density at radius 1 is 1.29 bits per heavy atom. The molecule has 2 aromatic rings. The molecule has 2 amide bonds. The van der Waals surface area contributed by atoms with Crippen molar-refractivity contribution in [1.29, 1.82) is 5.26 Å². The largest absolute Gasteiger partial charge is 0.495 e. The molecule has 0 unspecified atom stereocenters. The summed E-state index contributed by atoms with van der Waals surface area (Å²) in [6.45, 7) is 0.957. The van der Waals surface area contributed by atoms with Crippen molar-refractivity contribution in [3.05, 3.63) is 57.8 Å². The number of hydrogen-bond acceptors (Lipinski definition) is 6. The van der Waals surface area contributed by atoms with E-state index in [2.05, 4.69) is 37.8 Å². The van der Waals surface area contributed by atoms with Gasteiger partial charge in [-0.25, -0.2) is 9.18 Å². The van der Waals surface area contributed by atoms with E-state index in [4.69, 9.17) is 4.74 Å². The maximum absolute atomic E-state index is 13.4. The lowest BCUT2D eigenvalue weighted by Gasteiger charge is -2.31. The Balaban J connectivity index is 1.51. The van der Waals surface area contributed by atoms with Crippen LogP contribution in [0.1, 0.15) is 24.0 Å². The molecule has 0 aliphatic carbocycles. The monoisotopic (exact) mass is 531 g/mol. The van der Waals surface area contributed by atoms with Crippen molar-refractivity contribution in [1.82, 2.24) is 10.2 Å². The molecule has 9 nitrogen and oxygen atoms in total. The lowest BCUT2D eigenvalue weighted by Crippen LogP contribution is -2.46. The van der Waals surface area contributed by atoms with Crippen molar-refractivity contribution in [3.8, 4) is 11.8 Å². The fourth-order valence-corrected chi connectivity index (χ4v) is 4.01. The van der Waals surface area contributed by atoms with Crippen molar-refractivity contribution in [2.75, 3.05) is 25.5 Å². The lowest BCUT2D eigenvalue weighted by molar-refractivity contribution is -0.117. The minimum absolute atomic E-state index is 0.208. The molecule has 2 aromatic carbocycles. The lowest BCUT2D eigenvalue weighted by atomic mass is 9.92. The molecule has 3 N–H and O–H groups in total. The highest BCUT2D eigenvalue weighted by atomic mass is 79.9. The zero-order valence-electron chi connectivity index (χ0n) is 18.3. The second-order valence-electron chi connectivity index (χ2n) is 7.63. The topological polar surface area (TPSA) is 127 Å². The first kappa shape index (κ1) is 25.0. The van der Waals surface area contributed by atoms with E-state index in [1.165, 1.54) is 25.3 Å². The summed E-state index contributed by atoms with van der Waals surface area (Å²) in [5, 5.41) is 27.1. The third kappa shape index (κ3) is 6.02. The number of methoxy groups -OCH3 is 1. The zero-order valence-corrected chi connectivity index (χ0v) is 19.9. The molecule has 11 heteroatoms. The molecule has 0 aromatic heterocycles. The number of Topliss-reactive ketones (excluding diaryl/α,β-unsaturated/α-hetero) is 1. The number of nitriles is 1. The first-order valence-corrected chi connectivity index (χ1v) is 11.2. The fourth-order valence-electron chi connectivity index (χ4n) is 3.63. The van der Waals surface area contributed by atoms with Crippen LogP contribution in [0.5, 0.6) is 5.75 Å². The van der Waals surface area contributed by atoms with Gasteiger partial charge in [-0.05, 0) is 64.7 Å². The number of halogens is 2. The number of ether oxygens (including phenoxy) is 1. The highest BCUT2D eigenvalue weighted by Gasteiger charge is 2.30. The van der Waals surface area contributed by atoms with Gasteiger partial charge in [0.2, 0.25) is 11.6 Å². The summed E-state index contributed by atoms with van der Waals surface area (Å²) < 4.78 is 18.7. The number of rotatable bonds is 6. The molecule has 0 spiro atoms. The van der Waals surface area contributed by atoms with Crippen LogP contribution in [0.4, 0.5) is 14.9 Å². The molecule has 3 rings (SSSR count). The molecule has 1 aliphatic rings. The van der Waals surface area contributed by atoms with Crippen LogP contribution in [0.15, 0.2) is 46.0 Å². The van der Waals surface area contributed by atoms with Gasteiger partial charge in [0.05, 0.1) is 17.1 Å². The minimum Gasteiger partial charge on any atom is -0.495 e. The van der Waals surface area contributed by atoms with Crippen LogP contribution in [0, 0.1) is 23.1 Å². The first-order chi connectivity index (χ1) is 16.4. The number of nitrogens with zero attached hydrogens (tertiary/aromatic N) is 3. The van der Waals surface area contributed by atoms with Crippen molar-refractivity contribution >= 4 is 39.3 Å². The summed E-state index contributed by atoms with van der Waals surface area (Å²) in [5.74, 6) is -1.04. The van der Waals surface area contributed by atoms with Crippen molar-refractivity contribution in [3.63, 3.8) is 0 Å². The number of amides is 2. The van der Waals surface area contributed by atoms with Gasteiger partial charge in [0, 0.05) is 31.2 Å². The number of oxime groups is 1. The van der Waals surface area contributed by atoms with E-state index >= 15 is 0 Å². The van der Waals surface area contributed by atoms with E-state index in [1.54, 1.807) is 23.1 Å².